The van der Waals surface area contributed by atoms with Crippen molar-refractivity contribution in [2.24, 2.45) is 0 Å². The normalized spacial score (nSPS) is 20.1. The molecule has 1 aliphatic rings. The Bertz CT molecular complexity index is 749. The zero-order valence-electron chi connectivity index (χ0n) is 13.5. The van der Waals surface area contributed by atoms with Crippen molar-refractivity contribution >= 4 is 11.6 Å². The van der Waals surface area contributed by atoms with Crippen LogP contribution in [0, 0.1) is 11.6 Å². The molecule has 0 spiro atoms. The van der Waals surface area contributed by atoms with E-state index in [-0.39, 0.29) is 11.7 Å². The minimum absolute atomic E-state index is 0.220. The number of anilines is 1. The predicted octanol–water partition coefficient (Wildman–Crippen LogP) is 3.90. The summed E-state index contributed by atoms with van der Waals surface area (Å²) in [5.74, 6) is -1.71. The Balaban J connectivity index is 1.63. The van der Waals surface area contributed by atoms with Crippen molar-refractivity contribution in [2.45, 2.75) is 37.9 Å². The smallest absolute Gasteiger partial charge is 0.258 e. The van der Waals surface area contributed by atoms with Crippen LogP contribution in [-0.2, 0) is 0 Å². The highest BCUT2D eigenvalue weighted by atomic mass is 19.1. The van der Waals surface area contributed by atoms with Crippen LogP contribution in [-0.4, -0.2) is 23.2 Å². The van der Waals surface area contributed by atoms with Crippen molar-refractivity contribution in [2.75, 3.05) is 5.32 Å². The number of benzene rings is 2. The lowest BCUT2D eigenvalue weighted by Gasteiger charge is -2.28. The van der Waals surface area contributed by atoms with Crippen LogP contribution in [0.1, 0.15) is 36.0 Å². The summed E-state index contributed by atoms with van der Waals surface area (Å²) in [4.78, 5) is 12.1. The van der Waals surface area contributed by atoms with Crippen LogP contribution >= 0.6 is 0 Å². The Hall–Kier alpha value is -2.47. The average molecular weight is 347 g/mol. The van der Waals surface area contributed by atoms with Crippen molar-refractivity contribution in [3.05, 3.63) is 59.7 Å². The first-order valence-electron chi connectivity index (χ1n) is 8.24. The van der Waals surface area contributed by atoms with Gasteiger partial charge in [-0.05, 0) is 55.7 Å². The topological polar surface area (TPSA) is 58.6 Å². The maximum absolute atomic E-state index is 13.6. The van der Waals surface area contributed by atoms with E-state index in [9.17, 15) is 18.7 Å². The van der Waals surface area contributed by atoms with Crippen LogP contribution in [0.4, 0.5) is 14.5 Å². The van der Waals surface area contributed by atoms with Gasteiger partial charge in [-0.1, -0.05) is 6.42 Å². The molecule has 1 amide bonds. The predicted molar refractivity (Wildman–Crippen MR) is 89.6 cm³/mol. The third-order valence-electron chi connectivity index (χ3n) is 4.24. The molecule has 0 bridgehead atoms. The molecule has 2 aromatic rings. The van der Waals surface area contributed by atoms with Crippen molar-refractivity contribution in [3.8, 4) is 5.75 Å². The van der Waals surface area contributed by atoms with Crippen LogP contribution in [0.25, 0.3) is 0 Å². The van der Waals surface area contributed by atoms with Crippen molar-refractivity contribution < 1.29 is 23.4 Å². The van der Waals surface area contributed by atoms with Gasteiger partial charge in [0.1, 0.15) is 23.5 Å². The fourth-order valence-electron chi connectivity index (χ4n) is 2.88. The van der Waals surface area contributed by atoms with Crippen LogP contribution < -0.4 is 10.1 Å². The zero-order valence-corrected chi connectivity index (χ0v) is 13.5. The van der Waals surface area contributed by atoms with Gasteiger partial charge in [-0.25, -0.2) is 8.78 Å². The molecule has 2 N–H and O–H groups in total. The van der Waals surface area contributed by atoms with Gasteiger partial charge in [0.05, 0.1) is 11.7 Å². The van der Waals surface area contributed by atoms with Crippen LogP contribution in [0.2, 0.25) is 0 Å². The molecule has 6 heteroatoms. The minimum Gasteiger partial charge on any atom is -0.488 e. The first-order valence-corrected chi connectivity index (χ1v) is 8.24. The first kappa shape index (κ1) is 17.4. The number of ether oxygens (including phenoxy) is 1. The number of rotatable bonds is 4. The lowest BCUT2D eigenvalue weighted by atomic mass is 9.95. The second-order valence-corrected chi connectivity index (χ2v) is 6.11. The molecular formula is C19H19F2NO3. The summed E-state index contributed by atoms with van der Waals surface area (Å²) in [7, 11) is 0. The number of amides is 1. The van der Waals surface area contributed by atoms with E-state index in [4.69, 9.17) is 4.74 Å². The maximum atomic E-state index is 13.6. The molecule has 0 heterocycles. The van der Waals surface area contributed by atoms with Gasteiger partial charge >= 0.3 is 0 Å². The summed E-state index contributed by atoms with van der Waals surface area (Å²) in [6, 6.07) is 9.41. The van der Waals surface area contributed by atoms with Gasteiger partial charge in [0.25, 0.3) is 5.91 Å². The van der Waals surface area contributed by atoms with Crippen molar-refractivity contribution in [1.82, 2.24) is 0 Å². The summed E-state index contributed by atoms with van der Waals surface area (Å²) in [5.41, 5.74) is 0.234. The fourth-order valence-corrected chi connectivity index (χ4v) is 2.88. The molecule has 1 aliphatic carbocycles. The van der Waals surface area contributed by atoms with Gasteiger partial charge < -0.3 is 15.2 Å². The summed E-state index contributed by atoms with van der Waals surface area (Å²) in [6.45, 7) is 0. The molecule has 0 aliphatic heterocycles. The Morgan fingerprint density at radius 2 is 1.80 bits per heavy atom. The molecule has 2 atom stereocenters. The number of aliphatic hydroxyl groups excluding tert-OH is 1. The summed E-state index contributed by atoms with van der Waals surface area (Å²) >= 11 is 0. The monoisotopic (exact) mass is 347 g/mol. The van der Waals surface area contributed by atoms with E-state index < -0.39 is 23.6 Å². The fraction of sp³-hybridized carbons (Fsp3) is 0.316. The molecule has 25 heavy (non-hydrogen) atoms. The average Bonchev–Trinajstić information content (AvgIpc) is 2.58. The number of hydrogen-bond donors (Lipinski definition) is 2. The summed E-state index contributed by atoms with van der Waals surface area (Å²) < 4.78 is 32.3. The van der Waals surface area contributed by atoms with Gasteiger partial charge in [-0.2, -0.15) is 0 Å². The second-order valence-electron chi connectivity index (χ2n) is 6.11. The highest BCUT2D eigenvalue weighted by Gasteiger charge is 2.24. The van der Waals surface area contributed by atoms with Crippen molar-refractivity contribution in [1.29, 1.82) is 0 Å². The maximum Gasteiger partial charge on any atom is 0.258 e. The standard InChI is InChI=1S/C19H19F2NO3/c20-12-5-10-15(16(21)11-12)19(24)22-13-6-8-14(9-7-13)25-18-4-2-1-3-17(18)23/h5-11,17-18,23H,1-4H2,(H,22,24). The highest BCUT2D eigenvalue weighted by molar-refractivity contribution is 6.04. The van der Waals surface area contributed by atoms with Gasteiger partial charge in [-0.15, -0.1) is 0 Å². The number of carbonyl (C=O) groups is 1. The van der Waals surface area contributed by atoms with E-state index in [0.717, 1.165) is 37.8 Å². The molecular weight excluding hydrogens is 328 g/mol. The van der Waals surface area contributed by atoms with E-state index in [0.29, 0.717) is 17.5 Å². The second kappa shape index (κ2) is 7.61. The van der Waals surface area contributed by atoms with E-state index in [1.54, 1.807) is 24.3 Å². The number of aliphatic hydroxyl groups is 1. The van der Waals surface area contributed by atoms with Crippen LogP contribution in [0.3, 0.4) is 0 Å². The van der Waals surface area contributed by atoms with Gasteiger partial charge in [0, 0.05) is 11.8 Å². The molecule has 1 saturated carbocycles. The van der Waals surface area contributed by atoms with E-state index >= 15 is 0 Å². The van der Waals surface area contributed by atoms with Crippen molar-refractivity contribution in [3.63, 3.8) is 0 Å². The minimum atomic E-state index is -0.913. The summed E-state index contributed by atoms with van der Waals surface area (Å²) in [5, 5.41) is 12.5. The van der Waals surface area contributed by atoms with E-state index in [1.807, 2.05) is 0 Å². The van der Waals surface area contributed by atoms with Gasteiger partial charge in [-0.3, -0.25) is 4.79 Å². The molecule has 2 aromatic carbocycles. The third-order valence-corrected chi connectivity index (χ3v) is 4.24. The Labute approximate surface area is 144 Å². The molecule has 3 rings (SSSR count). The molecule has 1 fully saturated rings. The Kier molecular flexibility index (Phi) is 5.28. The number of nitrogens with one attached hydrogen (secondary N) is 1. The molecule has 2 unspecified atom stereocenters. The number of carbonyl (C=O) groups excluding carboxylic acids is 1. The third kappa shape index (κ3) is 4.33. The largest absolute Gasteiger partial charge is 0.488 e. The lowest BCUT2D eigenvalue weighted by molar-refractivity contribution is 0.00688. The molecule has 132 valence electrons. The van der Waals surface area contributed by atoms with Crippen LogP contribution in [0.5, 0.6) is 5.75 Å². The quantitative estimate of drug-likeness (QED) is 0.882. The van der Waals surface area contributed by atoms with E-state index in [2.05, 4.69) is 5.32 Å². The van der Waals surface area contributed by atoms with E-state index in [1.165, 1.54) is 0 Å². The SMILES string of the molecule is O=C(Nc1ccc(OC2CCCCC2O)cc1)c1ccc(F)cc1F. The molecule has 0 saturated heterocycles. The molecule has 0 radical (unpaired) electrons. The summed E-state index contributed by atoms with van der Waals surface area (Å²) in [6.07, 6.45) is 2.90. The first-order chi connectivity index (χ1) is 12.0. The van der Waals surface area contributed by atoms with Crippen LogP contribution in [0.15, 0.2) is 42.5 Å². The highest BCUT2D eigenvalue weighted by Crippen LogP contribution is 2.25. The molecule has 4 nitrogen and oxygen atoms in total. The zero-order chi connectivity index (χ0) is 17.8. The Morgan fingerprint density at radius 1 is 1.08 bits per heavy atom. The Morgan fingerprint density at radius 3 is 2.48 bits per heavy atom. The van der Waals surface area contributed by atoms with Gasteiger partial charge in [0.2, 0.25) is 0 Å². The molecule has 0 aromatic heterocycles. The number of halogens is 2. The lowest BCUT2D eigenvalue weighted by Crippen LogP contribution is -2.34. The van der Waals surface area contributed by atoms with Gasteiger partial charge in [0.15, 0.2) is 0 Å². The number of hydrogen-bond acceptors (Lipinski definition) is 3.